The Kier molecular flexibility index (Phi) is 5.53. The van der Waals surface area contributed by atoms with Gasteiger partial charge in [-0.1, -0.05) is 35.9 Å². The number of rotatable bonds is 4. The number of aryl methyl sites for hydroxylation is 1. The van der Waals surface area contributed by atoms with Crippen LogP contribution in [0.2, 0.25) is 5.02 Å². The molecule has 0 fully saturated rings. The van der Waals surface area contributed by atoms with E-state index in [2.05, 4.69) is 10.6 Å². The molecule has 3 rings (SSSR count). The van der Waals surface area contributed by atoms with Crippen LogP contribution in [0.3, 0.4) is 0 Å². The lowest BCUT2D eigenvalue weighted by molar-refractivity contribution is 0.483. The molecule has 0 aliphatic heterocycles. The van der Waals surface area contributed by atoms with Crippen LogP contribution >= 0.6 is 23.8 Å². The van der Waals surface area contributed by atoms with Crippen LogP contribution in [0.15, 0.2) is 72.8 Å². The van der Waals surface area contributed by atoms with E-state index in [-0.39, 0.29) is 0 Å². The van der Waals surface area contributed by atoms with E-state index in [1.807, 2.05) is 79.7 Å². The summed E-state index contributed by atoms with van der Waals surface area (Å²) in [7, 11) is 0. The van der Waals surface area contributed by atoms with Crippen LogP contribution in [-0.4, -0.2) is 5.11 Å². The molecule has 0 saturated heterocycles. The maximum Gasteiger partial charge on any atom is 0.175 e. The molecular formula is C20H17ClN2OS. The van der Waals surface area contributed by atoms with Gasteiger partial charge in [-0.3, -0.25) is 0 Å². The van der Waals surface area contributed by atoms with Crippen LogP contribution in [0.5, 0.6) is 11.5 Å². The summed E-state index contributed by atoms with van der Waals surface area (Å²) in [4.78, 5) is 0. The Morgan fingerprint density at radius 2 is 1.56 bits per heavy atom. The molecule has 0 atom stereocenters. The number of benzene rings is 3. The van der Waals surface area contributed by atoms with Crippen LogP contribution in [0.4, 0.5) is 11.4 Å². The maximum atomic E-state index is 6.03. The minimum Gasteiger partial charge on any atom is -0.457 e. The van der Waals surface area contributed by atoms with Crippen LogP contribution < -0.4 is 15.4 Å². The average molecular weight is 369 g/mol. The highest BCUT2D eigenvalue weighted by Crippen LogP contribution is 2.23. The summed E-state index contributed by atoms with van der Waals surface area (Å²) in [6.45, 7) is 2.00. The van der Waals surface area contributed by atoms with Gasteiger partial charge < -0.3 is 15.4 Å². The Morgan fingerprint density at radius 3 is 2.28 bits per heavy atom. The molecule has 0 aliphatic rings. The molecule has 3 nitrogen and oxygen atoms in total. The lowest BCUT2D eigenvalue weighted by Gasteiger charge is -2.13. The first-order valence-electron chi connectivity index (χ1n) is 7.77. The molecule has 126 valence electrons. The molecular weight excluding hydrogens is 352 g/mol. The van der Waals surface area contributed by atoms with Crippen molar-refractivity contribution in [1.82, 2.24) is 0 Å². The van der Waals surface area contributed by atoms with Gasteiger partial charge in [-0.2, -0.15) is 0 Å². The van der Waals surface area contributed by atoms with Crippen LogP contribution in [0, 0.1) is 6.92 Å². The highest BCUT2D eigenvalue weighted by atomic mass is 35.5. The van der Waals surface area contributed by atoms with Gasteiger partial charge in [0.25, 0.3) is 0 Å². The van der Waals surface area contributed by atoms with Gasteiger partial charge >= 0.3 is 0 Å². The SMILES string of the molecule is Cc1ccc(Cl)cc1NC(=S)Nc1ccc(Oc2ccccc2)cc1. The number of hydrogen-bond donors (Lipinski definition) is 2. The first-order chi connectivity index (χ1) is 12.1. The molecule has 0 saturated carbocycles. The van der Waals surface area contributed by atoms with Crippen molar-refractivity contribution in [2.75, 3.05) is 10.6 Å². The molecule has 2 N–H and O–H groups in total. The highest BCUT2D eigenvalue weighted by molar-refractivity contribution is 7.80. The highest BCUT2D eigenvalue weighted by Gasteiger charge is 2.04. The molecule has 0 heterocycles. The summed E-state index contributed by atoms with van der Waals surface area (Å²) in [5, 5.41) is 7.48. The van der Waals surface area contributed by atoms with Crippen molar-refractivity contribution < 1.29 is 4.74 Å². The van der Waals surface area contributed by atoms with Crippen molar-refractivity contribution in [1.29, 1.82) is 0 Å². The van der Waals surface area contributed by atoms with Crippen LogP contribution in [0.1, 0.15) is 5.56 Å². The first-order valence-corrected chi connectivity index (χ1v) is 8.56. The Balaban J connectivity index is 1.61. The average Bonchev–Trinajstić information content (AvgIpc) is 2.61. The third-order valence-electron chi connectivity index (χ3n) is 3.54. The minimum atomic E-state index is 0.502. The van der Waals surface area contributed by atoms with Crippen molar-refractivity contribution in [3.63, 3.8) is 0 Å². The number of anilines is 2. The van der Waals surface area contributed by atoms with Gasteiger partial charge in [0.05, 0.1) is 0 Å². The zero-order chi connectivity index (χ0) is 17.6. The van der Waals surface area contributed by atoms with Crippen molar-refractivity contribution in [2.45, 2.75) is 6.92 Å². The fourth-order valence-electron chi connectivity index (χ4n) is 2.24. The van der Waals surface area contributed by atoms with Crippen molar-refractivity contribution in [2.24, 2.45) is 0 Å². The Hall–Kier alpha value is -2.56. The fraction of sp³-hybridized carbons (Fsp3) is 0.0500. The summed E-state index contributed by atoms with van der Waals surface area (Å²) < 4.78 is 5.77. The van der Waals surface area contributed by atoms with E-state index in [0.29, 0.717) is 10.1 Å². The van der Waals surface area contributed by atoms with Crippen LogP contribution in [-0.2, 0) is 0 Å². The molecule has 3 aromatic rings. The zero-order valence-electron chi connectivity index (χ0n) is 13.6. The monoisotopic (exact) mass is 368 g/mol. The van der Waals surface area contributed by atoms with Crippen molar-refractivity contribution in [3.8, 4) is 11.5 Å². The second-order valence-electron chi connectivity index (χ2n) is 5.48. The molecule has 0 unspecified atom stereocenters. The summed E-state index contributed by atoms with van der Waals surface area (Å²) in [6, 6.07) is 22.9. The van der Waals surface area contributed by atoms with E-state index in [4.69, 9.17) is 28.6 Å². The fourth-order valence-corrected chi connectivity index (χ4v) is 2.64. The van der Waals surface area contributed by atoms with Gasteiger partial charge in [-0.15, -0.1) is 0 Å². The maximum absolute atomic E-state index is 6.03. The Labute approximate surface area is 157 Å². The zero-order valence-corrected chi connectivity index (χ0v) is 15.2. The predicted octanol–water partition coefficient (Wildman–Crippen LogP) is 6.25. The van der Waals surface area contributed by atoms with Gasteiger partial charge in [-0.25, -0.2) is 0 Å². The third kappa shape index (κ3) is 4.95. The molecule has 0 amide bonds. The van der Waals surface area contributed by atoms with E-state index < -0.39 is 0 Å². The molecule has 0 aliphatic carbocycles. The predicted molar refractivity (Wildman–Crippen MR) is 109 cm³/mol. The van der Waals surface area contributed by atoms with E-state index in [0.717, 1.165) is 28.4 Å². The number of hydrogen-bond acceptors (Lipinski definition) is 2. The summed E-state index contributed by atoms with van der Waals surface area (Å²) in [5.74, 6) is 1.57. The topological polar surface area (TPSA) is 33.3 Å². The molecule has 0 bridgehead atoms. The van der Waals surface area contributed by atoms with Gasteiger partial charge in [0.15, 0.2) is 5.11 Å². The summed E-state index contributed by atoms with van der Waals surface area (Å²) in [5.41, 5.74) is 2.83. The second kappa shape index (κ2) is 8.01. The third-order valence-corrected chi connectivity index (χ3v) is 3.98. The number of nitrogens with one attached hydrogen (secondary N) is 2. The van der Waals surface area contributed by atoms with E-state index in [9.17, 15) is 0 Å². The number of para-hydroxylation sites is 1. The number of thiocarbonyl (C=S) groups is 1. The van der Waals surface area contributed by atoms with E-state index in [1.165, 1.54) is 0 Å². The first kappa shape index (κ1) is 17.3. The van der Waals surface area contributed by atoms with Crippen molar-refractivity contribution in [3.05, 3.63) is 83.4 Å². The number of ether oxygens (including phenoxy) is 1. The van der Waals surface area contributed by atoms with Crippen LogP contribution in [0.25, 0.3) is 0 Å². The van der Waals surface area contributed by atoms with Gasteiger partial charge in [0.2, 0.25) is 0 Å². The number of halogens is 1. The summed E-state index contributed by atoms with van der Waals surface area (Å²) >= 11 is 11.4. The summed E-state index contributed by atoms with van der Waals surface area (Å²) in [6.07, 6.45) is 0. The lowest BCUT2D eigenvalue weighted by atomic mass is 10.2. The van der Waals surface area contributed by atoms with Gasteiger partial charge in [-0.05, 0) is 73.2 Å². The molecule has 3 aromatic carbocycles. The smallest absolute Gasteiger partial charge is 0.175 e. The standard InChI is InChI=1S/C20H17ClN2OS/c1-14-7-8-15(21)13-19(14)23-20(25)22-16-9-11-18(12-10-16)24-17-5-3-2-4-6-17/h2-13H,1H3,(H2,22,23,25). The largest absolute Gasteiger partial charge is 0.457 e. The second-order valence-corrected chi connectivity index (χ2v) is 6.32. The molecule has 0 spiro atoms. The Bertz CT molecular complexity index is 867. The molecule has 0 aromatic heterocycles. The van der Waals surface area contributed by atoms with Gasteiger partial charge in [0, 0.05) is 16.4 Å². The van der Waals surface area contributed by atoms with Crippen molar-refractivity contribution >= 4 is 40.3 Å². The Morgan fingerprint density at radius 1 is 0.880 bits per heavy atom. The molecule has 25 heavy (non-hydrogen) atoms. The lowest BCUT2D eigenvalue weighted by Crippen LogP contribution is -2.19. The van der Waals surface area contributed by atoms with Gasteiger partial charge in [0.1, 0.15) is 11.5 Å². The molecule has 0 radical (unpaired) electrons. The normalized spacial score (nSPS) is 10.2. The van der Waals surface area contributed by atoms with E-state index in [1.54, 1.807) is 0 Å². The quantitative estimate of drug-likeness (QED) is 0.533. The van der Waals surface area contributed by atoms with E-state index >= 15 is 0 Å². The minimum absolute atomic E-state index is 0.502. The molecule has 5 heteroatoms.